The first-order chi connectivity index (χ1) is 15.0. The van der Waals surface area contributed by atoms with E-state index in [1.807, 2.05) is 50.4 Å². The smallest absolute Gasteiger partial charge is 0.252 e. The topological polar surface area (TPSA) is 84.0 Å². The van der Waals surface area contributed by atoms with Gasteiger partial charge in [-0.2, -0.15) is 0 Å². The number of rotatable bonds is 8. The zero-order chi connectivity index (χ0) is 22.2. The fourth-order valence-electron chi connectivity index (χ4n) is 2.91. The van der Waals surface area contributed by atoms with E-state index in [1.165, 1.54) is 0 Å². The van der Waals surface area contributed by atoms with Crippen LogP contribution in [0.2, 0.25) is 0 Å². The predicted molar refractivity (Wildman–Crippen MR) is 125 cm³/mol. The quantitative estimate of drug-likeness (QED) is 0.513. The molecule has 0 bridgehead atoms. The van der Waals surface area contributed by atoms with Gasteiger partial charge in [0.1, 0.15) is 11.0 Å². The number of nitrogens with one attached hydrogen (secondary N) is 2. The number of hydrogen-bond acceptors (Lipinski definition) is 5. The van der Waals surface area contributed by atoms with Gasteiger partial charge >= 0.3 is 0 Å². The first-order valence-electron chi connectivity index (χ1n) is 10.2. The molecule has 0 fully saturated rings. The molecular formula is C24H26N4O2S. The van der Waals surface area contributed by atoms with E-state index >= 15 is 0 Å². The molecule has 1 atom stereocenters. The Morgan fingerprint density at radius 3 is 2.55 bits per heavy atom. The molecule has 0 spiro atoms. The minimum atomic E-state index is -0.701. The third-order valence-corrected chi connectivity index (χ3v) is 5.68. The lowest BCUT2D eigenvalue weighted by molar-refractivity contribution is -0.121. The van der Waals surface area contributed by atoms with Gasteiger partial charge in [-0.3, -0.25) is 14.6 Å². The first-order valence-corrected chi connectivity index (χ1v) is 11.1. The second-order valence-electron chi connectivity index (χ2n) is 7.07. The molecule has 0 aliphatic carbocycles. The maximum absolute atomic E-state index is 12.7. The van der Waals surface area contributed by atoms with Gasteiger partial charge in [0, 0.05) is 41.0 Å². The van der Waals surface area contributed by atoms with Crippen LogP contribution in [0.4, 0.5) is 0 Å². The number of amides is 2. The summed E-state index contributed by atoms with van der Waals surface area (Å²) < 4.78 is 0. The van der Waals surface area contributed by atoms with Crippen molar-refractivity contribution in [3.63, 3.8) is 0 Å². The van der Waals surface area contributed by atoms with E-state index in [0.29, 0.717) is 12.1 Å². The second-order valence-corrected chi connectivity index (χ2v) is 7.93. The molecule has 0 radical (unpaired) electrons. The standard InChI is InChI=1S/C24H26N4O2S/c1-4-16(3)13-20(23(30)26-5-2)27-22(29)18-10-8-17(9-11-18)21-15-31-24(28-21)19-7-6-12-25-14-19/h6-15,20H,4-5H2,1-3H3,(H,26,30)(H,27,29). The van der Waals surface area contributed by atoms with Crippen LogP contribution in [-0.4, -0.2) is 34.4 Å². The molecular weight excluding hydrogens is 408 g/mol. The van der Waals surface area contributed by atoms with Crippen LogP contribution in [0.25, 0.3) is 21.8 Å². The zero-order valence-electron chi connectivity index (χ0n) is 17.9. The van der Waals surface area contributed by atoms with E-state index in [9.17, 15) is 9.59 Å². The summed E-state index contributed by atoms with van der Waals surface area (Å²) in [6.45, 7) is 6.32. The van der Waals surface area contributed by atoms with Gasteiger partial charge in [0.15, 0.2) is 0 Å². The molecule has 2 N–H and O–H groups in total. The molecule has 3 rings (SSSR count). The minimum Gasteiger partial charge on any atom is -0.354 e. The highest BCUT2D eigenvalue weighted by atomic mass is 32.1. The number of carbonyl (C=O) groups excluding carboxylic acids is 2. The van der Waals surface area contributed by atoms with Crippen molar-refractivity contribution in [1.29, 1.82) is 0 Å². The van der Waals surface area contributed by atoms with E-state index in [-0.39, 0.29) is 11.8 Å². The Morgan fingerprint density at radius 2 is 1.90 bits per heavy atom. The van der Waals surface area contributed by atoms with E-state index in [4.69, 9.17) is 0 Å². The lowest BCUT2D eigenvalue weighted by Crippen LogP contribution is -2.45. The summed E-state index contributed by atoms with van der Waals surface area (Å²) in [5, 5.41) is 8.47. The zero-order valence-corrected chi connectivity index (χ0v) is 18.7. The molecule has 0 saturated heterocycles. The van der Waals surface area contributed by atoms with Gasteiger partial charge in [0.05, 0.1) is 5.69 Å². The van der Waals surface area contributed by atoms with Crippen LogP contribution in [0.5, 0.6) is 0 Å². The van der Waals surface area contributed by atoms with Crippen LogP contribution < -0.4 is 10.6 Å². The highest BCUT2D eigenvalue weighted by Crippen LogP contribution is 2.28. The average Bonchev–Trinajstić information content (AvgIpc) is 3.29. The van der Waals surface area contributed by atoms with E-state index in [0.717, 1.165) is 33.8 Å². The highest BCUT2D eigenvalue weighted by Gasteiger charge is 2.19. The van der Waals surface area contributed by atoms with Gasteiger partial charge in [-0.15, -0.1) is 11.3 Å². The SMILES string of the molecule is CCNC(=O)C(C=C(C)CC)NC(=O)c1ccc(-c2csc(-c3cccnc3)n2)cc1. The number of allylic oxidation sites excluding steroid dienone is 1. The number of thiazole rings is 1. The summed E-state index contributed by atoms with van der Waals surface area (Å²) >= 11 is 1.55. The van der Waals surface area contributed by atoms with Crippen molar-refractivity contribution in [2.24, 2.45) is 0 Å². The van der Waals surface area contributed by atoms with Crippen molar-refractivity contribution in [3.8, 4) is 21.8 Å². The number of carbonyl (C=O) groups is 2. The molecule has 0 aliphatic rings. The van der Waals surface area contributed by atoms with Crippen molar-refractivity contribution >= 4 is 23.2 Å². The summed E-state index contributed by atoms with van der Waals surface area (Å²) in [5.74, 6) is -0.511. The molecule has 7 heteroatoms. The predicted octanol–water partition coefficient (Wildman–Crippen LogP) is 4.46. The molecule has 1 unspecified atom stereocenters. The molecule has 0 saturated carbocycles. The summed E-state index contributed by atoms with van der Waals surface area (Å²) in [6.07, 6.45) is 6.13. The Hall–Kier alpha value is -3.32. The molecule has 6 nitrogen and oxygen atoms in total. The molecule has 31 heavy (non-hydrogen) atoms. The maximum Gasteiger partial charge on any atom is 0.252 e. The fraction of sp³-hybridized carbons (Fsp3) is 0.250. The van der Waals surface area contributed by atoms with E-state index in [2.05, 4.69) is 20.6 Å². The molecule has 160 valence electrons. The van der Waals surface area contributed by atoms with Crippen LogP contribution in [0.3, 0.4) is 0 Å². The van der Waals surface area contributed by atoms with Crippen LogP contribution in [-0.2, 0) is 4.79 Å². The third-order valence-electron chi connectivity index (χ3n) is 4.78. The van der Waals surface area contributed by atoms with E-state index < -0.39 is 6.04 Å². The molecule has 2 amide bonds. The number of hydrogen-bond donors (Lipinski definition) is 2. The number of likely N-dealkylation sites (N-methyl/N-ethyl adjacent to an activating group) is 1. The van der Waals surface area contributed by atoms with Crippen LogP contribution in [0, 0.1) is 0 Å². The Kier molecular flexibility index (Phi) is 7.67. The molecule has 2 aromatic heterocycles. The summed E-state index contributed by atoms with van der Waals surface area (Å²) in [5.41, 5.74) is 4.27. The first kappa shape index (κ1) is 22.4. The van der Waals surface area contributed by atoms with Gasteiger partial charge in [-0.05, 0) is 44.5 Å². The Morgan fingerprint density at radius 1 is 1.13 bits per heavy atom. The van der Waals surface area contributed by atoms with Gasteiger partial charge in [0.25, 0.3) is 5.91 Å². The molecule has 3 aromatic rings. The van der Waals surface area contributed by atoms with Crippen molar-refractivity contribution in [2.45, 2.75) is 33.2 Å². The number of benzene rings is 1. The fourth-order valence-corrected chi connectivity index (χ4v) is 3.73. The molecule has 0 aliphatic heterocycles. The number of aromatic nitrogens is 2. The van der Waals surface area contributed by atoms with Crippen molar-refractivity contribution in [2.75, 3.05) is 6.54 Å². The Bertz CT molecular complexity index is 1060. The van der Waals surface area contributed by atoms with Crippen LogP contribution in [0.1, 0.15) is 37.6 Å². The van der Waals surface area contributed by atoms with Gasteiger partial charge in [-0.25, -0.2) is 4.98 Å². The molecule has 1 aromatic carbocycles. The summed E-state index contributed by atoms with van der Waals surface area (Å²) in [6, 6.07) is 10.4. The van der Waals surface area contributed by atoms with Crippen molar-refractivity contribution in [3.05, 3.63) is 71.4 Å². The summed E-state index contributed by atoms with van der Waals surface area (Å²) in [4.78, 5) is 33.9. The highest BCUT2D eigenvalue weighted by molar-refractivity contribution is 7.13. The maximum atomic E-state index is 12.7. The summed E-state index contributed by atoms with van der Waals surface area (Å²) in [7, 11) is 0. The van der Waals surface area contributed by atoms with E-state index in [1.54, 1.807) is 41.9 Å². The van der Waals surface area contributed by atoms with Gasteiger partial charge in [0.2, 0.25) is 5.91 Å². The van der Waals surface area contributed by atoms with Crippen molar-refractivity contribution < 1.29 is 9.59 Å². The van der Waals surface area contributed by atoms with Gasteiger partial charge < -0.3 is 10.6 Å². The van der Waals surface area contributed by atoms with Gasteiger partial charge in [-0.1, -0.05) is 30.7 Å². The lowest BCUT2D eigenvalue weighted by atomic mass is 10.1. The third kappa shape index (κ3) is 5.86. The Labute approximate surface area is 186 Å². The second kappa shape index (κ2) is 10.6. The largest absolute Gasteiger partial charge is 0.354 e. The van der Waals surface area contributed by atoms with Crippen LogP contribution in [0.15, 0.2) is 65.8 Å². The number of pyridine rings is 1. The van der Waals surface area contributed by atoms with Crippen LogP contribution >= 0.6 is 11.3 Å². The minimum absolute atomic E-state index is 0.217. The number of nitrogens with zero attached hydrogens (tertiary/aromatic N) is 2. The lowest BCUT2D eigenvalue weighted by Gasteiger charge is -2.16. The Balaban J connectivity index is 1.73. The average molecular weight is 435 g/mol. The normalized spacial score (nSPS) is 12.3. The monoisotopic (exact) mass is 434 g/mol. The molecule has 2 heterocycles. The van der Waals surface area contributed by atoms with Crippen molar-refractivity contribution in [1.82, 2.24) is 20.6 Å².